The summed E-state index contributed by atoms with van der Waals surface area (Å²) in [4.78, 5) is 26.9. The summed E-state index contributed by atoms with van der Waals surface area (Å²) < 4.78 is 0. The van der Waals surface area contributed by atoms with E-state index in [-0.39, 0.29) is 23.7 Å². The van der Waals surface area contributed by atoms with Crippen LogP contribution >= 0.6 is 0 Å². The largest absolute Gasteiger partial charge is 0.346 e. The maximum absolute atomic E-state index is 12.6. The Morgan fingerprint density at radius 2 is 1.76 bits per heavy atom. The number of benzene rings is 1. The molecule has 0 bridgehead atoms. The van der Waals surface area contributed by atoms with Crippen molar-refractivity contribution in [1.29, 1.82) is 0 Å². The summed E-state index contributed by atoms with van der Waals surface area (Å²) in [5.41, 5.74) is 3.21. The van der Waals surface area contributed by atoms with Crippen molar-refractivity contribution < 1.29 is 9.59 Å². The summed E-state index contributed by atoms with van der Waals surface area (Å²) >= 11 is 0. The highest BCUT2D eigenvalue weighted by molar-refractivity contribution is 5.93. The molecule has 1 aliphatic rings. The van der Waals surface area contributed by atoms with E-state index in [4.69, 9.17) is 0 Å². The summed E-state index contributed by atoms with van der Waals surface area (Å²) in [6.45, 7) is 7.06. The maximum Gasteiger partial charge on any atom is 0.227 e. The SMILES string of the molecule is CCCCN(C)C(=O)C1CCC(C(=O)Nc2cccc(C)c2C)CC1. The average Bonchev–Trinajstić information content (AvgIpc) is 2.63. The van der Waals surface area contributed by atoms with Crippen LogP contribution in [-0.4, -0.2) is 30.3 Å². The van der Waals surface area contributed by atoms with Crippen LogP contribution in [0.1, 0.15) is 56.6 Å². The standard InChI is InChI=1S/C21H32N2O2/c1-5-6-14-23(4)21(25)18-12-10-17(11-13-18)20(24)22-19-9-7-8-15(2)16(19)3/h7-9,17-18H,5-6,10-14H2,1-4H3,(H,22,24). The molecule has 0 radical (unpaired) electrons. The van der Waals surface area contributed by atoms with Gasteiger partial charge < -0.3 is 10.2 Å². The second-order valence-corrected chi connectivity index (χ2v) is 7.40. The molecule has 0 aromatic heterocycles. The zero-order valence-corrected chi connectivity index (χ0v) is 16.1. The molecule has 0 aliphatic heterocycles. The monoisotopic (exact) mass is 344 g/mol. The smallest absolute Gasteiger partial charge is 0.227 e. The molecule has 0 spiro atoms. The maximum atomic E-state index is 12.6. The van der Waals surface area contributed by atoms with Gasteiger partial charge in [-0.1, -0.05) is 25.5 Å². The zero-order valence-electron chi connectivity index (χ0n) is 16.1. The van der Waals surface area contributed by atoms with Gasteiger partial charge in [0.15, 0.2) is 0 Å². The van der Waals surface area contributed by atoms with Crippen molar-refractivity contribution in [2.45, 2.75) is 59.3 Å². The van der Waals surface area contributed by atoms with Gasteiger partial charge in [0.25, 0.3) is 0 Å². The Kier molecular flexibility index (Phi) is 7.03. The molecule has 0 atom stereocenters. The highest BCUT2D eigenvalue weighted by Gasteiger charge is 2.31. The van der Waals surface area contributed by atoms with Crippen LogP contribution in [0.5, 0.6) is 0 Å². The van der Waals surface area contributed by atoms with Gasteiger partial charge in [0.2, 0.25) is 11.8 Å². The molecule has 25 heavy (non-hydrogen) atoms. The van der Waals surface area contributed by atoms with Crippen LogP contribution in [-0.2, 0) is 9.59 Å². The first-order chi connectivity index (χ1) is 11.9. The van der Waals surface area contributed by atoms with Gasteiger partial charge in [-0.25, -0.2) is 0 Å². The van der Waals surface area contributed by atoms with Gasteiger partial charge in [-0.15, -0.1) is 0 Å². The number of carbonyl (C=O) groups excluding carboxylic acids is 2. The van der Waals surface area contributed by atoms with E-state index < -0.39 is 0 Å². The number of aryl methyl sites for hydroxylation is 1. The molecule has 138 valence electrons. The first kappa shape index (κ1) is 19.5. The number of unbranched alkanes of at least 4 members (excludes halogenated alkanes) is 1. The van der Waals surface area contributed by atoms with E-state index in [1.165, 1.54) is 5.56 Å². The Balaban J connectivity index is 1.86. The van der Waals surface area contributed by atoms with Crippen LogP contribution in [0.15, 0.2) is 18.2 Å². The molecule has 1 aliphatic carbocycles. The predicted molar refractivity (Wildman–Crippen MR) is 103 cm³/mol. The summed E-state index contributed by atoms with van der Waals surface area (Å²) in [5, 5.41) is 3.08. The molecule has 0 heterocycles. The lowest BCUT2D eigenvalue weighted by molar-refractivity contribution is -0.136. The number of nitrogens with zero attached hydrogens (tertiary/aromatic N) is 1. The topological polar surface area (TPSA) is 49.4 Å². The Bertz CT molecular complexity index is 604. The summed E-state index contributed by atoms with van der Waals surface area (Å²) in [6.07, 6.45) is 5.39. The molecule has 2 rings (SSSR count). The van der Waals surface area contributed by atoms with Crippen LogP contribution in [0.2, 0.25) is 0 Å². The van der Waals surface area contributed by atoms with Crippen LogP contribution in [0.25, 0.3) is 0 Å². The first-order valence-electron chi connectivity index (χ1n) is 9.56. The van der Waals surface area contributed by atoms with Crippen LogP contribution in [0, 0.1) is 25.7 Å². The number of rotatable bonds is 6. The molecule has 1 fully saturated rings. The minimum Gasteiger partial charge on any atom is -0.346 e. The minimum atomic E-state index is 0.0184. The highest BCUT2D eigenvalue weighted by atomic mass is 16.2. The van der Waals surface area contributed by atoms with Gasteiger partial charge >= 0.3 is 0 Å². The lowest BCUT2D eigenvalue weighted by Crippen LogP contribution is -2.37. The fraction of sp³-hybridized carbons (Fsp3) is 0.619. The molecule has 0 saturated heterocycles. The van der Waals surface area contributed by atoms with Gasteiger partial charge in [-0.3, -0.25) is 9.59 Å². The van der Waals surface area contributed by atoms with E-state index >= 15 is 0 Å². The minimum absolute atomic E-state index is 0.0184. The van der Waals surface area contributed by atoms with Crippen molar-refractivity contribution in [2.75, 3.05) is 18.9 Å². The number of hydrogen-bond donors (Lipinski definition) is 1. The van der Waals surface area contributed by atoms with Gasteiger partial charge in [0.1, 0.15) is 0 Å². The molecular formula is C21H32N2O2. The van der Waals surface area contributed by atoms with Crippen LogP contribution in [0.3, 0.4) is 0 Å². The molecule has 1 saturated carbocycles. The first-order valence-corrected chi connectivity index (χ1v) is 9.56. The third-order valence-electron chi connectivity index (χ3n) is 5.53. The summed E-state index contributed by atoms with van der Waals surface area (Å²) in [6, 6.07) is 5.98. The van der Waals surface area contributed by atoms with E-state index in [1.807, 2.05) is 31.0 Å². The van der Waals surface area contributed by atoms with Gasteiger partial charge in [-0.05, 0) is 63.1 Å². The second-order valence-electron chi connectivity index (χ2n) is 7.40. The van der Waals surface area contributed by atoms with Crippen molar-refractivity contribution in [3.63, 3.8) is 0 Å². The average molecular weight is 344 g/mol. The fourth-order valence-corrected chi connectivity index (χ4v) is 3.54. The van der Waals surface area contributed by atoms with E-state index in [0.717, 1.165) is 56.3 Å². The van der Waals surface area contributed by atoms with Crippen LogP contribution in [0.4, 0.5) is 5.69 Å². The molecule has 1 N–H and O–H groups in total. The van der Waals surface area contributed by atoms with Crippen molar-refractivity contribution in [1.82, 2.24) is 4.90 Å². The molecule has 0 unspecified atom stereocenters. The molecule has 4 nitrogen and oxygen atoms in total. The molecule has 4 heteroatoms. The third kappa shape index (κ3) is 5.07. The molecule has 1 aromatic rings. The number of carbonyl (C=O) groups is 2. The number of amides is 2. The van der Waals surface area contributed by atoms with E-state index in [1.54, 1.807) is 0 Å². The van der Waals surface area contributed by atoms with Crippen molar-refractivity contribution in [2.24, 2.45) is 11.8 Å². The van der Waals surface area contributed by atoms with Gasteiger partial charge in [0.05, 0.1) is 0 Å². The Morgan fingerprint density at radius 1 is 1.12 bits per heavy atom. The second kappa shape index (κ2) is 9.02. The number of anilines is 1. The quantitative estimate of drug-likeness (QED) is 0.836. The molecular weight excluding hydrogens is 312 g/mol. The van der Waals surface area contributed by atoms with Gasteiger partial charge in [-0.2, -0.15) is 0 Å². The molecule has 1 aromatic carbocycles. The summed E-state index contributed by atoms with van der Waals surface area (Å²) in [5.74, 6) is 0.456. The van der Waals surface area contributed by atoms with Crippen LogP contribution < -0.4 is 5.32 Å². The summed E-state index contributed by atoms with van der Waals surface area (Å²) in [7, 11) is 1.90. The third-order valence-corrected chi connectivity index (χ3v) is 5.53. The van der Waals surface area contributed by atoms with Gasteiger partial charge in [0, 0.05) is 31.1 Å². The lowest BCUT2D eigenvalue weighted by atomic mass is 9.81. The normalized spacial score (nSPS) is 20.2. The molecule has 2 amide bonds. The van der Waals surface area contributed by atoms with Crippen molar-refractivity contribution >= 4 is 17.5 Å². The van der Waals surface area contributed by atoms with Crippen molar-refractivity contribution in [3.05, 3.63) is 29.3 Å². The Morgan fingerprint density at radius 3 is 2.40 bits per heavy atom. The predicted octanol–water partition coefficient (Wildman–Crippen LogP) is 4.31. The Hall–Kier alpha value is -1.84. The number of nitrogens with one attached hydrogen (secondary N) is 1. The number of hydrogen-bond acceptors (Lipinski definition) is 2. The van der Waals surface area contributed by atoms with E-state index in [0.29, 0.717) is 0 Å². The Labute approximate surface area is 152 Å². The lowest BCUT2D eigenvalue weighted by Gasteiger charge is -2.30. The van der Waals surface area contributed by atoms with E-state index in [2.05, 4.69) is 25.2 Å². The fourth-order valence-electron chi connectivity index (χ4n) is 3.54. The highest BCUT2D eigenvalue weighted by Crippen LogP contribution is 2.31. The zero-order chi connectivity index (χ0) is 18.4. The van der Waals surface area contributed by atoms with Crippen molar-refractivity contribution in [3.8, 4) is 0 Å². The van der Waals surface area contributed by atoms with E-state index in [9.17, 15) is 9.59 Å².